The maximum absolute atomic E-state index is 12.5. The van der Waals surface area contributed by atoms with Crippen LogP contribution in [0.1, 0.15) is 53.3 Å². The first-order chi connectivity index (χ1) is 20.7. The number of nitrogen functional groups attached to an aromatic ring is 1. The molecule has 228 valence electrons. The van der Waals surface area contributed by atoms with E-state index >= 15 is 0 Å². The van der Waals surface area contributed by atoms with Crippen LogP contribution in [0, 0.1) is 23.7 Å². The molecular formula is C31H40ClN9O2. The Balaban J connectivity index is 1.54. The molecule has 0 aliphatic carbocycles. The van der Waals surface area contributed by atoms with E-state index < -0.39 is 0 Å². The average molecular weight is 606 g/mol. The van der Waals surface area contributed by atoms with Gasteiger partial charge in [-0.3, -0.25) is 9.69 Å². The number of likely N-dealkylation sites (N-methyl/N-ethyl adjacent to an activating group) is 2. The monoisotopic (exact) mass is 605 g/mol. The highest BCUT2D eigenvalue weighted by molar-refractivity contribution is 6.32. The third-order valence-electron chi connectivity index (χ3n) is 9.05. The summed E-state index contributed by atoms with van der Waals surface area (Å²) in [7, 11) is 4.14. The first-order valence-electron chi connectivity index (χ1n) is 14.7. The van der Waals surface area contributed by atoms with Crippen LogP contribution in [0.2, 0.25) is 5.02 Å². The lowest BCUT2D eigenvalue weighted by Gasteiger charge is -2.43. The van der Waals surface area contributed by atoms with Crippen LogP contribution in [0.4, 0.5) is 11.5 Å². The Morgan fingerprint density at radius 2 is 2.07 bits per heavy atom. The van der Waals surface area contributed by atoms with Gasteiger partial charge in [0.25, 0.3) is 0 Å². The Morgan fingerprint density at radius 1 is 1.28 bits per heavy atom. The fraction of sp³-hybridized carbons (Fsp3) is 0.516. The number of halogens is 1. The van der Waals surface area contributed by atoms with Gasteiger partial charge in [0.1, 0.15) is 12.4 Å². The molecule has 1 aromatic heterocycles. The molecule has 2 saturated heterocycles. The zero-order valence-corrected chi connectivity index (χ0v) is 25.9. The van der Waals surface area contributed by atoms with E-state index in [9.17, 15) is 10.1 Å². The predicted octanol–water partition coefficient (Wildman–Crippen LogP) is 3.34. The zero-order valence-electron chi connectivity index (χ0n) is 25.1. The summed E-state index contributed by atoms with van der Waals surface area (Å²) in [5, 5.41) is 18.2. The van der Waals surface area contributed by atoms with Gasteiger partial charge in [0.2, 0.25) is 5.91 Å². The van der Waals surface area contributed by atoms with Gasteiger partial charge in [-0.2, -0.15) is 15.2 Å². The first-order valence-corrected chi connectivity index (χ1v) is 15.1. The van der Waals surface area contributed by atoms with Crippen LogP contribution in [-0.2, 0) is 17.8 Å². The Hall–Kier alpha value is -3.72. The van der Waals surface area contributed by atoms with Crippen molar-refractivity contribution in [3.05, 3.63) is 51.7 Å². The van der Waals surface area contributed by atoms with Crippen molar-refractivity contribution in [2.75, 3.05) is 57.5 Å². The van der Waals surface area contributed by atoms with Crippen molar-refractivity contribution < 1.29 is 9.53 Å². The highest BCUT2D eigenvalue weighted by Gasteiger charge is 2.36. The van der Waals surface area contributed by atoms with Crippen LogP contribution in [0.25, 0.3) is 0 Å². The van der Waals surface area contributed by atoms with Crippen LogP contribution in [0.15, 0.2) is 18.7 Å². The summed E-state index contributed by atoms with van der Waals surface area (Å²) in [6, 6.07) is 4.22. The molecule has 12 heteroatoms. The molecular weight excluding hydrogens is 566 g/mol. The quantitative estimate of drug-likeness (QED) is 0.263. The number of nitriles is 1. The van der Waals surface area contributed by atoms with Gasteiger partial charge < -0.3 is 30.6 Å². The van der Waals surface area contributed by atoms with Crippen LogP contribution >= 0.6 is 11.6 Å². The van der Waals surface area contributed by atoms with E-state index in [1.54, 1.807) is 4.90 Å². The van der Waals surface area contributed by atoms with Gasteiger partial charge in [-0.15, -0.1) is 0 Å². The van der Waals surface area contributed by atoms with E-state index in [-0.39, 0.29) is 24.4 Å². The summed E-state index contributed by atoms with van der Waals surface area (Å²) in [4.78, 5) is 30.8. The Labute approximate surface area is 258 Å². The van der Waals surface area contributed by atoms with Crippen LogP contribution in [0.3, 0.4) is 0 Å². The maximum atomic E-state index is 12.5. The number of amides is 1. The number of hydrogen-bond donors (Lipinski definition) is 2. The van der Waals surface area contributed by atoms with Crippen molar-refractivity contribution in [3.8, 4) is 12.1 Å². The van der Waals surface area contributed by atoms with Gasteiger partial charge in [-0.1, -0.05) is 18.2 Å². The average Bonchev–Trinajstić information content (AvgIpc) is 3.41. The number of piperazine rings is 1. The van der Waals surface area contributed by atoms with Gasteiger partial charge >= 0.3 is 6.01 Å². The molecule has 0 radical (unpaired) electrons. The van der Waals surface area contributed by atoms with Crippen LogP contribution in [-0.4, -0.2) is 95.8 Å². The van der Waals surface area contributed by atoms with E-state index in [1.165, 1.54) is 12.3 Å². The van der Waals surface area contributed by atoms with Crippen molar-refractivity contribution >= 4 is 35.2 Å². The number of nitrogens with one attached hydrogen (secondary N) is 1. The number of nitrogens with two attached hydrogens (primary N) is 1. The number of aromatic nitrogens is 2. The fourth-order valence-electron chi connectivity index (χ4n) is 6.62. The van der Waals surface area contributed by atoms with Crippen molar-refractivity contribution in [2.24, 2.45) is 0 Å². The molecule has 3 atom stereocenters. The number of hydrogen-bond acceptors (Lipinski definition) is 10. The molecule has 1 aromatic carbocycles. The SMILES string of the molecule is C=CC(=O)N1CCN(c2nc(OC[C@@H]3CCCN3C)nc3c2CN(C)[C@H](c2c(Cl)c(C)cc(N)c2C=N)C3)C[C@@H]1CC#N. The number of aryl methyl sites for hydroxylation is 1. The second-order valence-corrected chi connectivity index (χ2v) is 12.1. The first kappa shape index (κ1) is 30.7. The van der Waals surface area contributed by atoms with Gasteiger partial charge in [0.15, 0.2) is 0 Å². The number of likely N-dealkylation sites (tertiary alicyclic amines) is 1. The minimum Gasteiger partial charge on any atom is -0.462 e. The number of carbonyl (C=O) groups is 1. The third-order valence-corrected chi connectivity index (χ3v) is 9.56. The molecule has 0 spiro atoms. The molecule has 0 bridgehead atoms. The summed E-state index contributed by atoms with van der Waals surface area (Å²) in [5.41, 5.74) is 11.0. The van der Waals surface area contributed by atoms with E-state index in [2.05, 4.69) is 34.4 Å². The zero-order chi connectivity index (χ0) is 30.8. The smallest absolute Gasteiger partial charge is 0.318 e. The van der Waals surface area contributed by atoms with E-state index in [0.717, 1.165) is 47.6 Å². The Morgan fingerprint density at radius 3 is 2.74 bits per heavy atom. The molecule has 3 aliphatic rings. The molecule has 2 aromatic rings. The molecule has 5 rings (SSSR count). The fourth-order valence-corrected chi connectivity index (χ4v) is 6.90. The number of anilines is 2. The van der Waals surface area contributed by atoms with Gasteiger partial charge in [0, 0.05) is 72.7 Å². The van der Waals surface area contributed by atoms with Gasteiger partial charge in [-0.25, -0.2) is 0 Å². The lowest BCUT2D eigenvalue weighted by atomic mass is 9.89. The normalized spacial score (nSPS) is 22.6. The largest absolute Gasteiger partial charge is 0.462 e. The molecule has 0 unspecified atom stereocenters. The van der Waals surface area contributed by atoms with E-state index in [4.69, 9.17) is 37.4 Å². The number of fused-ring (bicyclic) bond motifs is 1. The van der Waals surface area contributed by atoms with Gasteiger partial charge in [0.05, 0.1) is 24.2 Å². The predicted molar refractivity (Wildman–Crippen MR) is 168 cm³/mol. The number of rotatable bonds is 8. The standard InChI is InChI=1S/C31H40ClN9O2/c1-5-27(42)41-12-11-40(16-20(41)8-9-33)30-23-17-39(4)26(28-22(15-34)24(35)13-19(2)29(28)32)14-25(23)36-31(37-30)43-18-21-7-6-10-38(21)3/h5,13,15,20-21,26,34H,1,6-8,10-12,14,16-18,35H2,2-4H3/t20-,21-,26-/m0/s1. The Bertz CT molecular complexity index is 1460. The molecule has 2 fully saturated rings. The molecule has 11 nitrogen and oxygen atoms in total. The lowest BCUT2D eigenvalue weighted by Crippen LogP contribution is -2.55. The second kappa shape index (κ2) is 12.9. The van der Waals surface area contributed by atoms with E-state index in [1.807, 2.05) is 20.0 Å². The van der Waals surface area contributed by atoms with Crippen molar-refractivity contribution in [1.29, 1.82) is 10.7 Å². The summed E-state index contributed by atoms with van der Waals surface area (Å²) in [6.45, 7) is 9.12. The molecule has 3 N–H and O–H groups in total. The van der Waals surface area contributed by atoms with Crippen molar-refractivity contribution in [3.63, 3.8) is 0 Å². The molecule has 3 aliphatic heterocycles. The van der Waals surface area contributed by atoms with Gasteiger partial charge in [-0.05, 0) is 63.7 Å². The second-order valence-electron chi connectivity index (χ2n) is 11.7. The topological polar surface area (TPSA) is 139 Å². The maximum Gasteiger partial charge on any atom is 0.318 e. The summed E-state index contributed by atoms with van der Waals surface area (Å²) >= 11 is 6.87. The third kappa shape index (κ3) is 6.05. The number of ether oxygens (including phenoxy) is 1. The van der Waals surface area contributed by atoms with Crippen LogP contribution < -0.4 is 15.4 Å². The van der Waals surface area contributed by atoms with Crippen molar-refractivity contribution in [1.82, 2.24) is 24.7 Å². The number of carbonyl (C=O) groups excluding carboxylic acids is 1. The Kier molecular flexibility index (Phi) is 9.20. The molecule has 1 amide bonds. The molecule has 0 saturated carbocycles. The summed E-state index contributed by atoms with van der Waals surface area (Å²) < 4.78 is 6.27. The van der Waals surface area contributed by atoms with Crippen molar-refractivity contribution in [2.45, 2.75) is 57.3 Å². The van der Waals surface area contributed by atoms with Crippen LogP contribution in [0.5, 0.6) is 6.01 Å². The molecule has 4 heterocycles. The summed E-state index contributed by atoms with van der Waals surface area (Å²) in [6.07, 6.45) is 5.52. The highest BCUT2D eigenvalue weighted by Crippen LogP contribution is 2.42. The summed E-state index contributed by atoms with van der Waals surface area (Å²) in [5.74, 6) is 0.592. The lowest BCUT2D eigenvalue weighted by molar-refractivity contribution is -0.128. The minimum atomic E-state index is -0.287. The minimum absolute atomic E-state index is 0.163. The van der Waals surface area contributed by atoms with E-state index in [0.29, 0.717) is 67.5 Å². The number of nitrogens with zero attached hydrogens (tertiary/aromatic N) is 7. The molecule has 43 heavy (non-hydrogen) atoms. The number of benzene rings is 1. The highest BCUT2D eigenvalue weighted by atomic mass is 35.5.